The molecule has 1 saturated heterocycles. The molecule has 1 fully saturated rings. The van der Waals surface area contributed by atoms with Crippen molar-refractivity contribution in [2.24, 2.45) is 0 Å². The van der Waals surface area contributed by atoms with E-state index < -0.39 is 0 Å². The average Bonchev–Trinajstić information content (AvgIpc) is 3.23. The minimum absolute atomic E-state index is 0.0683. The third kappa shape index (κ3) is 4.59. The number of aromatic nitrogens is 6. The van der Waals surface area contributed by atoms with Crippen LogP contribution in [0.15, 0.2) is 73.8 Å². The predicted molar refractivity (Wildman–Crippen MR) is 139 cm³/mol. The van der Waals surface area contributed by atoms with Gasteiger partial charge in [-0.1, -0.05) is 0 Å². The Bertz CT molecular complexity index is 1220. The Hall–Kier alpha value is -3.33. The van der Waals surface area contributed by atoms with E-state index in [1.807, 2.05) is 0 Å². The minimum atomic E-state index is 0.0683. The average molecular weight is 657 g/mol. The number of benzene rings is 2. The fourth-order valence-corrected chi connectivity index (χ4v) is 5.59. The molecule has 0 saturated carbocycles. The van der Waals surface area contributed by atoms with Crippen molar-refractivity contribution in [1.82, 2.24) is 39.5 Å². The molecule has 0 atom stereocenters. The summed E-state index contributed by atoms with van der Waals surface area (Å²) in [5, 5.41) is 0. The summed E-state index contributed by atoms with van der Waals surface area (Å²) in [7, 11) is 8.46. The molecule has 5 rings (SSSR count). The molecular formula is C23H24B2N10Pt. The molecule has 2 aromatic heterocycles. The molecule has 10 nitrogen and oxygen atoms in total. The van der Waals surface area contributed by atoms with Gasteiger partial charge in [-0.25, -0.2) is 0 Å². The van der Waals surface area contributed by atoms with Crippen molar-refractivity contribution in [3.8, 4) is 22.8 Å². The first-order chi connectivity index (χ1) is 17.5. The van der Waals surface area contributed by atoms with Gasteiger partial charge >= 0.3 is 223 Å². The summed E-state index contributed by atoms with van der Waals surface area (Å²) >= 11 is 2.43. The summed E-state index contributed by atoms with van der Waals surface area (Å²) in [6.07, 6.45) is 6.06. The fraction of sp³-hybridized carbons (Fsp3) is 0.174. The Kier molecular flexibility index (Phi) is 7.00. The number of nitrogens with zero attached hydrogens (tertiary/aromatic N) is 10. The molecule has 2 aromatic carbocycles. The zero-order valence-electron chi connectivity index (χ0n) is 20.4. The van der Waals surface area contributed by atoms with Crippen molar-refractivity contribution < 1.29 is 19.4 Å². The molecule has 36 heavy (non-hydrogen) atoms. The van der Waals surface area contributed by atoms with Crippen LogP contribution in [0.5, 0.6) is 0 Å². The number of hydrogen-bond donors (Lipinski definition) is 0. The Balaban J connectivity index is 1.51. The molecule has 1 aliphatic rings. The normalized spacial score (nSPS) is 13.9. The Labute approximate surface area is 222 Å². The van der Waals surface area contributed by atoms with Gasteiger partial charge in [0.2, 0.25) is 0 Å². The third-order valence-corrected chi connectivity index (χ3v) is 7.11. The van der Waals surface area contributed by atoms with Crippen LogP contribution >= 0.6 is 0 Å². The molecule has 0 amide bonds. The van der Waals surface area contributed by atoms with Gasteiger partial charge in [0.25, 0.3) is 0 Å². The van der Waals surface area contributed by atoms with E-state index in [9.17, 15) is 0 Å². The van der Waals surface area contributed by atoms with Gasteiger partial charge in [-0.05, 0) is 0 Å². The van der Waals surface area contributed by atoms with Crippen molar-refractivity contribution in [2.75, 3.05) is 37.8 Å². The topological polar surface area (TPSA) is 90.3 Å². The molecule has 182 valence electrons. The number of hydrogen-bond acceptors (Lipinski definition) is 10. The zero-order valence-corrected chi connectivity index (χ0v) is 22.6. The van der Waals surface area contributed by atoms with E-state index >= 15 is 0 Å². The van der Waals surface area contributed by atoms with Gasteiger partial charge in [-0.3, -0.25) is 0 Å². The van der Waals surface area contributed by atoms with Crippen molar-refractivity contribution in [2.45, 2.75) is 0 Å². The van der Waals surface area contributed by atoms with Crippen LogP contribution in [0.1, 0.15) is 0 Å². The zero-order chi connectivity index (χ0) is 25.2. The number of rotatable bonds is 6. The summed E-state index contributed by atoms with van der Waals surface area (Å²) in [6.45, 7) is 0.137. The maximum absolute atomic E-state index is 4.27. The molecule has 0 bridgehead atoms. The fourth-order valence-electron chi connectivity index (χ4n) is 4.40. The molecule has 0 aliphatic carbocycles. The van der Waals surface area contributed by atoms with Gasteiger partial charge in [0, 0.05) is 0 Å². The maximum atomic E-state index is 4.27. The van der Waals surface area contributed by atoms with Crippen LogP contribution < -0.4 is 9.62 Å². The van der Waals surface area contributed by atoms with E-state index in [-0.39, 0.29) is 13.7 Å². The van der Waals surface area contributed by atoms with E-state index in [2.05, 4.69) is 145 Å². The monoisotopic (exact) mass is 657 g/mol. The second-order valence-electron chi connectivity index (χ2n) is 8.75. The predicted octanol–water partition coefficient (Wildman–Crippen LogP) is 1.53. The van der Waals surface area contributed by atoms with Crippen LogP contribution in [0, 0.1) is 0 Å². The molecule has 0 N–H and O–H groups in total. The molecule has 3 heterocycles. The van der Waals surface area contributed by atoms with Crippen LogP contribution in [-0.2, 0) is 19.4 Å². The Morgan fingerprint density at radius 2 is 0.917 bits per heavy atom. The summed E-state index contributed by atoms with van der Waals surface area (Å²) in [6, 6.07) is 16.7. The van der Waals surface area contributed by atoms with E-state index in [1.54, 1.807) is 0 Å². The van der Waals surface area contributed by atoms with E-state index in [0.717, 1.165) is 26.6 Å². The van der Waals surface area contributed by atoms with E-state index in [1.165, 1.54) is 25.3 Å². The number of anilines is 2. The van der Waals surface area contributed by atoms with Crippen molar-refractivity contribution >= 4 is 29.3 Å². The third-order valence-electron chi connectivity index (χ3n) is 6.02. The van der Waals surface area contributed by atoms with Crippen molar-refractivity contribution in [1.29, 1.82) is 0 Å². The SMILES string of the molecule is CN(C)B1B(N(C)C)N(c2ccc(-c3ncncn3)cc2)[C](=[Pt])N1c1ccc(-c2ncncn2)cc1. The molecular weight excluding hydrogens is 633 g/mol. The van der Waals surface area contributed by atoms with Gasteiger partial charge in [-0.2, -0.15) is 0 Å². The summed E-state index contributed by atoms with van der Waals surface area (Å²) < 4.78 is 1.10. The summed E-state index contributed by atoms with van der Waals surface area (Å²) in [5.74, 6) is 1.32. The van der Waals surface area contributed by atoms with Crippen LogP contribution in [0.25, 0.3) is 22.8 Å². The van der Waals surface area contributed by atoms with Gasteiger partial charge < -0.3 is 0 Å². The van der Waals surface area contributed by atoms with Crippen molar-refractivity contribution in [3.05, 3.63) is 73.8 Å². The van der Waals surface area contributed by atoms with Crippen LogP contribution in [0.3, 0.4) is 0 Å². The molecule has 1 aliphatic heterocycles. The molecule has 13 heteroatoms. The standard InChI is InChI=1S/C23H24B2N10.Pt/c1-32(2)24-25(33(3)4)35(21-11-7-19(8-12-21)23-30-15-27-16-31-23)17-34(24)20-9-5-18(6-10-20)22-28-13-26-14-29-22;/h5-16H,1-4H3;. The first-order valence-electron chi connectivity index (χ1n) is 11.3. The van der Waals surface area contributed by atoms with Gasteiger partial charge in [0.15, 0.2) is 0 Å². The first-order valence-corrected chi connectivity index (χ1v) is 12.4. The van der Waals surface area contributed by atoms with Gasteiger partial charge in [0.05, 0.1) is 0 Å². The summed E-state index contributed by atoms with van der Waals surface area (Å²) in [4.78, 5) is 34.2. The second-order valence-corrected chi connectivity index (χ2v) is 9.77. The summed E-state index contributed by atoms with van der Waals surface area (Å²) in [5.41, 5.74) is 4.08. The van der Waals surface area contributed by atoms with Crippen LogP contribution in [0.4, 0.5) is 11.4 Å². The van der Waals surface area contributed by atoms with Crippen molar-refractivity contribution in [3.63, 3.8) is 0 Å². The van der Waals surface area contributed by atoms with Gasteiger partial charge in [-0.15, -0.1) is 0 Å². The first kappa shape index (κ1) is 24.4. The quantitative estimate of drug-likeness (QED) is 0.285. The molecule has 0 radical (unpaired) electrons. The molecule has 0 unspecified atom stereocenters. The van der Waals surface area contributed by atoms with E-state index in [4.69, 9.17) is 0 Å². The molecule has 4 aromatic rings. The van der Waals surface area contributed by atoms with Crippen LogP contribution in [-0.4, -0.2) is 85.6 Å². The van der Waals surface area contributed by atoms with Gasteiger partial charge in [0.1, 0.15) is 0 Å². The molecule has 0 spiro atoms. The van der Waals surface area contributed by atoms with Crippen LogP contribution in [0.2, 0.25) is 0 Å². The second kappa shape index (κ2) is 10.3. The van der Waals surface area contributed by atoms with E-state index in [0.29, 0.717) is 11.6 Å². The Morgan fingerprint density at radius 3 is 1.22 bits per heavy atom. The Morgan fingerprint density at radius 1 is 0.583 bits per heavy atom.